The molecule has 130 valence electrons. The number of hydrogen-bond acceptors (Lipinski definition) is 4. The van der Waals surface area contributed by atoms with Crippen molar-refractivity contribution in [2.45, 2.75) is 0 Å². The molecule has 4 heterocycles. The van der Waals surface area contributed by atoms with Crippen LogP contribution in [0.4, 0.5) is 0 Å². The van der Waals surface area contributed by atoms with Crippen molar-refractivity contribution in [2.24, 2.45) is 0 Å². The van der Waals surface area contributed by atoms with Gasteiger partial charge in [-0.05, 0) is 48.5 Å². The molecule has 0 aliphatic carbocycles. The summed E-state index contributed by atoms with van der Waals surface area (Å²) < 4.78 is 2.03. The molecule has 2 N–H and O–H groups in total. The lowest BCUT2D eigenvalue weighted by atomic mass is 10.0. The maximum absolute atomic E-state index is 9.53. The third-order valence-corrected chi connectivity index (χ3v) is 4.54. The highest BCUT2D eigenvalue weighted by Crippen LogP contribution is 2.32. The summed E-state index contributed by atoms with van der Waals surface area (Å²) >= 11 is 0. The molecule has 0 aliphatic rings. The first kappa shape index (κ1) is 15.3. The van der Waals surface area contributed by atoms with Gasteiger partial charge < -0.3 is 5.11 Å². The van der Waals surface area contributed by atoms with Crippen LogP contribution in [0.25, 0.3) is 39.4 Å². The Hall–Kier alpha value is -3.93. The molecular weight excluding hydrogens is 338 g/mol. The van der Waals surface area contributed by atoms with Gasteiger partial charge in [-0.15, -0.1) is 0 Å². The highest BCUT2D eigenvalue weighted by molar-refractivity contribution is 5.81. The number of benzene rings is 1. The zero-order valence-electron chi connectivity index (χ0n) is 14.2. The molecule has 0 radical (unpaired) electrons. The maximum atomic E-state index is 9.53. The Morgan fingerprint density at radius 2 is 1.70 bits per heavy atom. The maximum Gasteiger partial charge on any atom is 0.137 e. The zero-order valence-corrected chi connectivity index (χ0v) is 14.2. The van der Waals surface area contributed by atoms with E-state index in [2.05, 4.69) is 20.2 Å². The largest absolute Gasteiger partial charge is 0.508 e. The van der Waals surface area contributed by atoms with Gasteiger partial charge in [0.15, 0.2) is 0 Å². The Balaban J connectivity index is 1.65. The number of hydrogen-bond donors (Lipinski definition) is 2. The summed E-state index contributed by atoms with van der Waals surface area (Å²) in [6.45, 7) is 0. The van der Waals surface area contributed by atoms with Crippen LogP contribution in [0.2, 0.25) is 0 Å². The number of imidazole rings is 1. The fourth-order valence-corrected chi connectivity index (χ4v) is 3.20. The van der Waals surface area contributed by atoms with Crippen molar-refractivity contribution in [3.8, 4) is 39.5 Å². The number of H-pyrrole nitrogens is 1. The average molecular weight is 353 g/mol. The lowest BCUT2D eigenvalue weighted by Crippen LogP contribution is -1.92. The molecule has 6 nitrogen and oxygen atoms in total. The minimum Gasteiger partial charge on any atom is -0.508 e. The lowest BCUT2D eigenvalue weighted by Gasteiger charge is -2.07. The number of rotatable bonds is 3. The molecule has 1 aromatic carbocycles. The van der Waals surface area contributed by atoms with Gasteiger partial charge >= 0.3 is 0 Å². The van der Waals surface area contributed by atoms with E-state index in [1.807, 2.05) is 59.3 Å². The molecule has 0 amide bonds. The Labute approximate surface area is 154 Å². The zero-order chi connectivity index (χ0) is 18.2. The van der Waals surface area contributed by atoms with E-state index in [0.717, 1.165) is 39.4 Å². The van der Waals surface area contributed by atoms with Gasteiger partial charge in [0.25, 0.3) is 0 Å². The van der Waals surface area contributed by atoms with Crippen LogP contribution in [-0.2, 0) is 0 Å². The van der Waals surface area contributed by atoms with Gasteiger partial charge in [-0.1, -0.05) is 6.07 Å². The van der Waals surface area contributed by atoms with Crippen LogP contribution < -0.4 is 0 Å². The molecule has 4 aromatic heterocycles. The molecule has 0 saturated carbocycles. The number of aromatic hydroxyl groups is 1. The number of aromatic nitrogens is 5. The van der Waals surface area contributed by atoms with Crippen LogP contribution >= 0.6 is 0 Å². The van der Waals surface area contributed by atoms with Crippen molar-refractivity contribution in [1.29, 1.82) is 0 Å². The van der Waals surface area contributed by atoms with Crippen LogP contribution in [0.5, 0.6) is 5.75 Å². The summed E-state index contributed by atoms with van der Waals surface area (Å²) in [5, 5.41) is 16.8. The van der Waals surface area contributed by atoms with Crippen LogP contribution in [0.15, 0.2) is 79.4 Å². The molecule has 0 unspecified atom stereocenters. The molecule has 6 heteroatoms. The van der Waals surface area contributed by atoms with Gasteiger partial charge in [-0.2, -0.15) is 5.10 Å². The number of nitrogens with zero attached hydrogens (tertiary/aromatic N) is 4. The van der Waals surface area contributed by atoms with E-state index >= 15 is 0 Å². The number of fused-ring (bicyclic) bond motifs is 1. The molecule has 0 saturated heterocycles. The Bertz CT molecular complexity index is 1220. The Morgan fingerprint density at radius 1 is 0.852 bits per heavy atom. The molecule has 0 bridgehead atoms. The molecule has 27 heavy (non-hydrogen) atoms. The quantitative estimate of drug-likeness (QED) is 0.510. The third kappa shape index (κ3) is 2.64. The Morgan fingerprint density at radius 3 is 2.52 bits per heavy atom. The molecule has 0 fully saturated rings. The highest BCUT2D eigenvalue weighted by Gasteiger charge is 2.13. The number of phenolic OH excluding ortho intramolecular Hbond substituents is 1. The first-order chi connectivity index (χ1) is 13.3. The van der Waals surface area contributed by atoms with Crippen molar-refractivity contribution >= 4 is 5.65 Å². The molecule has 0 aliphatic heterocycles. The normalized spacial score (nSPS) is 11.1. The van der Waals surface area contributed by atoms with Crippen molar-refractivity contribution < 1.29 is 5.11 Å². The second kappa shape index (κ2) is 6.10. The smallest absolute Gasteiger partial charge is 0.137 e. The molecular formula is C21H15N5O. The minimum atomic E-state index is 0.236. The van der Waals surface area contributed by atoms with Gasteiger partial charge in [0.05, 0.1) is 29.5 Å². The van der Waals surface area contributed by atoms with E-state index in [4.69, 9.17) is 0 Å². The van der Waals surface area contributed by atoms with Gasteiger partial charge in [0.1, 0.15) is 11.4 Å². The van der Waals surface area contributed by atoms with Crippen molar-refractivity contribution in [3.05, 3.63) is 79.4 Å². The van der Waals surface area contributed by atoms with E-state index in [1.165, 1.54) is 0 Å². The van der Waals surface area contributed by atoms with E-state index in [9.17, 15) is 5.11 Å². The van der Waals surface area contributed by atoms with E-state index < -0.39 is 0 Å². The molecule has 5 aromatic rings. The van der Waals surface area contributed by atoms with Gasteiger partial charge in [-0.25, -0.2) is 4.98 Å². The number of phenols is 1. The van der Waals surface area contributed by atoms with E-state index in [0.29, 0.717) is 0 Å². The predicted octanol–water partition coefficient (Wildman–Crippen LogP) is 4.16. The summed E-state index contributed by atoms with van der Waals surface area (Å²) in [6, 6.07) is 16.9. The van der Waals surface area contributed by atoms with E-state index in [-0.39, 0.29) is 5.75 Å². The van der Waals surface area contributed by atoms with Crippen molar-refractivity contribution in [2.75, 3.05) is 0 Å². The number of nitrogens with one attached hydrogen (secondary N) is 1. The number of aromatic amines is 1. The SMILES string of the molecule is Oc1ccc(-c2[nH]ncc2-c2ccc3ncc(-c4ccccn4)n3c2)cc1. The lowest BCUT2D eigenvalue weighted by molar-refractivity contribution is 0.475. The summed E-state index contributed by atoms with van der Waals surface area (Å²) in [7, 11) is 0. The summed E-state index contributed by atoms with van der Waals surface area (Å²) in [4.78, 5) is 8.91. The minimum absolute atomic E-state index is 0.236. The second-order valence-corrected chi connectivity index (χ2v) is 6.21. The van der Waals surface area contributed by atoms with Gasteiger partial charge in [-0.3, -0.25) is 14.5 Å². The van der Waals surface area contributed by atoms with E-state index in [1.54, 1.807) is 24.5 Å². The summed E-state index contributed by atoms with van der Waals surface area (Å²) in [6.07, 6.45) is 7.46. The molecule has 0 atom stereocenters. The fourth-order valence-electron chi connectivity index (χ4n) is 3.20. The van der Waals surface area contributed by atoms with Gasteiger partial charge in [0, 0.05) is 29.1 Å². The first-order valence-corrected chi connectivity index (χ1v) is 8.51. The topological polar surface area (TPSA) is 79.1 Å². The first-order valence-electron chi connectivity index (χ1n) is 8.51. The van der Waals surface area contributed by atoms with Crippen LogP contribution in [0.1, 0.15) is 0 Å². The number of pyridine rings is 2. The van der Waals surface area contributed by atoms with Crippen LogP contribution in [-0.4, -0.2) is 29.7 Å². The van der Waals surface area contributed by atoms with Gasteiger partial charge in [0.2, 0.25) is 0 Å². The summed E-state index contributed by atoms with van der Waals surface area (Å²) in [5.41, 5.74) is 6.49. The average Bonchev–Trinajstić information content (AvgIpc) is 3.36. The van der Waals surface area contributed by atoms with Crippen molar-refractivity contribution in [1.82, 2.24) is 24.6 Å². The highest BCUT2D eigenvalue weighted by atomic mass is 16.3. The second-order valence-electron chi connectivity index (χ2n) is 6.21. The third-order valence-electron chi connectivity index (χ3n) is 4.54. The van der Waals surface area contributed by atoms with Crippen LogP contribution in [0, 0.1) is 0 Å². The molecule has 5 rings (SSSR count). The fraction of sp³-hybridized carbons (Fsp3) is 0. The monoisotopic (exact) mass is 353 g/mol. The molecule has 0 spiro atoms. The predicted molar refractivity (Wildman–Crippen MR) is 103 cm³/mol. The summed E-state index contributed by atoms with van der Waals surface area (Å²) in [5.74, 6) is 0.236. The van der Waals surface area contributed by atoms with Crippen LogP contribution in [0.3, 0.4) is 0 Å². The van der Waals surface area contributed by atoms with Crippen molar-refractivity contribution in [3.63, 3.8) is 0 Å². The standard InChI is InChI=1S/C21H15N5O/c27-16-7-4-14(5-8-16)21-17(11-24-25-21)15-6-9-20-23-12-19(26(20)13-15)18-3-1-2-10-22-18/h1-13,27H,(H,24,25). The Kier molecular flexibility index (Phi) is 3.47.